The number of aromatic nitrogens is 1. The lowest BCUT2D eigenvalue weighted by Crippen LogP contribution is -2.14. The van der Waals surface area contributed by atoms with Crippen molar-refractivity contribution < 1.29 is 4.79 Å². The highest BCUT2D eigenvalue weighted by Crippen LogP contribution is 2.20. The van der Waals surface area contributed by atoms with Crippen molar-refractivity contribution in [3.8, 4) is 0 Å². The molecule has 1 heterocycles. The van der Waals surface area contributed by atoms with Gasteiger partial charge in [-0.3, -0.25) is 4.79 Å². The molecule has 0 aliphatic heterocycles. The van der Waals surface area contributed by atoms with Crippen molar-refractivity contribution in [3.63, 3.8) is 0 Å². The van der Waals surface area contributed by atoms with E-state index in [-0.39, 0.29) is 5.91 Å². The van der Waals surface area contributed by atoms with Crippen molar-refractivity contribution in [3.05, 3.63) is 57.8 Å². The summed E-state index contributed by atoms with van der Waals surface area (Å²) in [6.45, 7) is 3.84. The maximum atomic E-state index is 12.0. The summed E-state index contributed by atoms with van der Waals surface area (Å²) in [5.41, 5.74) is 3.10. The Morgan fingerprint density at radius 1 is 1.22 bits per heavy atom. The number of carbonyl (C=O) groups is 1. The molecule has 0 saturated heterocycles. The van der Waals surface area contributed by atoms with Crippen molar-refractivity contribution in [2.45, 2.75) is 13.8 Å². The summed E-state index contributed by atoms with van der Waals surface area (Å²) in [7, 11) is 0. The maximum Gasteiger partial charge on any atom is 0.274 e. The van der Waals surface area contributed by atoms with Gasteiger partial charge in [0.1, 0.15) is 5.69 Å². The molecule has 1 N–H and O–H groups in total. The monoisotopic (exact) mass is 304 g/mol. The smallest absolute Gasteiger partial charge is 0.274 e. The molecule has 0 spiro atoms. The zero-order valence-electron chi connectivity index (χ0n) is 10.2. The minimum Gasteiger partial charge on any atom is -0.321 e. The van der Waals surface area contributed by atoms with E-state index in [0.717, 1.165) is 21.4 Å². The Hall–Kier alpha value is -1.68. The molecule has 2 rings (SSSR count). The maximum absolute atomic E-state index is 12.0. The van der Waals surface area contributed by atoms with Crippen LogP contribution in [0.4, 0.5) is 5.69 Å². The molecule has 0 aliphatic rings. The Morgan fingerprint density at radius 3 is 2.67 bits per heavy atom. The van der Waals surface area contributed by atoms with E-state index in [1.807, 2.05) is 44.2 Å². The van der Waals surface area contributed by atoms with Crippen molar-refractivity contribution in [1.29, 1.82) is 0 Å². The highest BCUT2D eigenvalue weighted by atomic mass is 79.9. The predicted molar refractivity (Wildman–Crippen MR) is 75.8 cm³/mol. The second-order valence-corrected chi connectivity index (χ2v) is 4.94. The van der Waals surface area contributed by atoms with Crippen LogP contribution in [0.2, 0.25) is 0 Å². The van der Waals surface area contributed by atoms with Crippen LogP contribution in [-0.2, 0) is 0 Å². The second kappa shape index (κ2) is 5.31. The first-order chi connectivity index (χ1) is 8.56. The van der Waals surface area contributed by atoms with Crippen molar-refractivity contribution in [1.82, 2.24) is 4.98 Å². The third-order valence-electron chi connectivity index (χ3n) is 2.54. The van der Waals surface area contributed by atoms with E-state index in [0.29, 0.717) is 5.69 Å². The largest absolute Gasteiger partial charge is 0.321 e. The molecule has 0 aliphatic carbocycles. The van der Waals surface area contributed by atoms with E-state index < -0.39 is 0 Å². The Balaban J connectivity index is 2.18. The van der Waals surface area contributed by atoms with Crippen LogP contribution in [0.3, 0.4) is 0 Å². The number of nitrogens with zero attached hydrogens (tertiary/aromatic N) is 1. The summed E-state index contributed by atoms with van der Waals surface area (Å²) in [5, 5.41) is 2.83. The van der Waals surface area contributed by atoms with Crippen molar-refractivity contribution in [2.75, 3.05) is 5.32 Å². The van der Waals surface area contributed by atoms with E-state index in [1.165, 1.54) is 0 Å². The quantitative estimate of drug-likeness (QED) is 0.919. The average Bonchev–Trinajstić information content (AvgIpc) is 2.34. The molecule has 0 unspecified atom stereocenters. The number of anilines is 1. The molecule has 0 atom stereocenters. The van der Waals surface area contributed by atoms with Crippen LogP contribution in [-0.4, -0.2) is 10.9 Å². The van der Waals surface area contributed by atoms with Gasteiger partial charge >= 0.3 is 0 Å². The number of hydrogen-bond donors (Lipinski definition) is 1. The molecule has 0 bridgehead atoms. The Bertz CT molecular complexity index is 596. The van der Waals surface area contributed by atoms with Gasteiger partial charge in [-0.05, 0) is 49.7 Å². The van der Waals surface area contributed by atoms with Crippen LogP contribution in [0.5, 0.6) is 0 Å². The van der Waals surface area contributed by atoms with Crippen LogP contribution >= 0.6 is 15.9 Å². The summed E-state index contributed by atoms with van der Waals surface area (Å²) in [6, 6.07) is 11.1. The molecule has 0 radical (unpaired) electrons. The topological polar surface area (TPSA) is 42.0 Å². The highest BCUT2D eigenvalue weighted by molar-refractivity contribution is 9.10. The van der Waals surface area contributed by atoms with Gasteiger partial charge in [0.2, 0.25) is 0 Å². The van der Waals surface area contributed by atoms with Crippen LogP contribution in [0, 0.1) is 13.8 Å². The first-order valence-corrected chi connectivity index (χ1v) is 6.37. The fraction of sp³-hybridized carbons (Fsp3) is 0.143. The van der Waals surface area contributed by atoms with E-state index in [4.69, 9.17) is 0 Å². The number of aryl methyl sites for hydroxylation is 2. The van der Waals surface area contributed by atoms with Crippen molar-refractivity contribution >= 4 is 27.5 Å². The molecule has 4 heteroatoms. The van der Waals surface area contributed by atoms with Gasteiger partial charge in [-0.1, -0.05) is 22.0 Å². The number of pyridine rings is 1. The Morgan fingerprint density at radius 2 is 2.00 bits per heavy atom. The summed E-state index contributed by atoms with van der Waals surface area (Å²) in [5.74, 6) is -0.194. The molecule has 2 aromatic rings. The predicted octanol–water partition coefficient (Wildman–Crippen LogP) is 3.71. The standard InChI is InChI=1S/C14H13BrN2O/c1-9-8-11(6-7-12(9)15)17-14(18)13-5-3-4-10(2)16-13/h3-8H,1-2H3,(H,17,18). The molecular formula is C14H13BrN2O. The minimum atomic E-state index is -0.194. The molecule has 0 saturated carbocycles. The zero-order valence-corrected chi connectivity index (χ0v) is 11.8. The zero-order chi connectivity index (χ0) is 13.1. The second-order valence-electron chi connectivity index (χ2n) is 4.08. The highest BCUT2D eigenvalue weighted by Gasteiger charge is 2.08. The summed E-state index contributed by atoms with van der Waals surface area (Å²) in [4.78, 5) is 16.2. The van der Waals surface area contributed by atoms with Crippen LogP contribution < -0.4 is 5.32 Å². The minimum absolute atomic E-state index is 0.194. The first kappa shape index (κ1) is 12.8. The van der Waals surface area contributed by atoms with Gasteiger partial charge in [-0.25, -0.2) is 4.98 Å². The lowest BCUT2D eigenvalue weighted by atomic mass is 10.2. The molecule has 1 amide bonds. The number of amides is 1. The molecule has 1 aromatic heterocycles. The molecule has 92 valence electrons. The number of nitrogens with one attached hydrogen (secondary N) is 1. The van der Waals surface area contributed by atoms with Gasteiger partial charge in [-0.2, -0.15) is 0 Å². The van der Waals surface area contributed by atoms with Crippen LogP contribution in [0.15, 0.2) is 40.9 Å². The fourth-order valence-corrected chi connectivity index (χ4v) is 1.83. The third-order valence-corrected chi connectivity index (χ3v) is 3.43. The Labute approximate surface area is 114 Å². The molecule has 18 heavy (non-hydrogen) atoms. The lowest BCUT2D eigenvalue weighted by Gasteiger charge is -2.07. The summed E-state index contributed by atoms with van der Waals surface area (Å²) in [6.07, 6.45) is 0. The molecule has 3 nitrogen and oxygen atoms in total. The number of hydrogen-bond acceptors (Lipinski definition) is 2. The Kier molecular flexibility index (Phi) is 3.77. The van der Waals surface area contributed by atoms with Crippen LogP contribution in [0.25, 0.3) is 0 Å². The van der Waals surface area contributed by atoms with Gasteiger partial charge in [0.15, 0.2) is 0 Å². The van der Waals surface area contributed by atoms with E-state index in [1.54, 1.807) is 6.07 Å². The molecule has 0 fully saturated rings. The molecular weight excluding hydrogens is 292 g/mol. The summed E-state index contributed by atoms with van der Waals surface area (Å²) >= 11 is 3.42. The van der Waals surface area contributed by atoms with Gasteiger partial charge in [0.05, 0.1) is 0 Å². The normalized spacial score (nSPS) is 10.2. The van der Waals surface area contributed by atoms with Gasteiger partial charge in [0.25, 0.3) is 5.91 Å². The van der Waals surface area contributed by atoms with Crippen LogP contribution in [0.1, 0.15) is 21.7 Å². The fourth-order valence-electron chi connectivity index (χ4n) is 1.59. The van der Waals surface area contributed by atoms with E-state index >= 15 is 0 Å². The van der Waals surface area contributed by atoms with Gasteiger partial charge < -0.3 is 5.32 Å². The number of benzene rings is 1. The third kappa shape index (κ3) is 2.96. The number of halogens is 1. The van der Waals surface area contributed by atoms with E-state index in [2.05, 4.69) is 26.2 Å². The molecule has 1 aromatic carbocycles. The summed E-state index contributed by atoms with van der Waals surface area (Å²) < 4.78 is 1.02. The number of rotatable bonds is 2. The van der Waals surface area contributed by atoms with Gasteiger partial charge in [0, 0.05) is 15.9 Å². The van der Waals surface area contributed by atoms with Crippen molar-refractivity contribution in [2.24, 2.45) is 0 Å². The first-order valence-electron chi connectivity index (χ1n) is 5.57. The van der Waals surface area contributed by atoms with Gasteiger partial charge in [-0.15, -0.1) is 0 Å². The lowest BCUT2D eigenvalue weighted by molar-refractivity contribution is 0.102. The number of carbonyl (C=O) groups excluding carboxylic acids is 1. The average molecular weight is 305 g/mol. The van der Waals surface area contributed by atoms with E-state index in [9.17, 15) is 4.79 Å². The SMILES string of the molecule is Cc1cccc(C(=O)Nc2ccc(Br)c(C)c2)n1.